The molecular formula is C69H58N3Pt-3. The van der Waals surface area contributed by atoms with Crippen LogP contribution in [0.1, 0.15) is 120 Å². The van der Waals surface area contributed by atoms with Crippen molar-refractivity contribution in [3.8, 4) is 33.4 Å². The average molecular weight is 1120 g/mol. The molecule has 0 bridgehead atoms. The molecule has 4 heteroatoms. The fraction of sp³-hybridized carbons (Fsp3) is 0.188. The largest absolute Gasteiger partial charge is 0.511 e. The number of nitrogens with zero attached hydrogens (tertiary/aromatic N) is 3. The zero-order valence-corrected chi connectivity index (χ0v) is 45.3. The number of pyridine rings is 1. The summed E-state index contributed by atoms with van der Waals surface area (Å²) in [5.74, 6) is 0.322. The van der Waals surface area contributed by atoms with Gasteiger partial charge in [0.25, 0.3) is 0 Å². The van der Waals surface area contributed by atoms with E-state index in [4.69, 9.17) is 4.98 Å². The van der Waals surface area contributed by atoms with Crippen LogP contribution in [0.25, 0.3) is 33.4 Å². The molecule has 13 rings (SSSR count). The molecule has 0 N–H and O–H groups in total. The van der Waals surface area contributed by atoms with Gasteiger partial charge >= 0.3 is 0 Å². The third kappa shape index (κ3) is 6.57. The van der Waals surface area contributed by atoms with E-state index in [9.17, 15) is 0 Å². The van der Waals surface area contributed by atoms with Crippen LogP contribution in [0, 0.1) is 60.3 Å². The molecule has 0 saturated carbocycles. The second-order valence-corrected chi connectivity index (χ2v) is 21.6. The molecule has 3 aliphatic carbocycles. The fourth-order valence-corrected chi connectivity index (χ4v) is 13.2. The number of fused-ring (bicyclic) bond motifs is 9. The van der Waals surface area contributed by atoms with Crippen molar-refractivity contribution in [3.63, 3.8) is 0 Å². The molecule has 0 radical (unpaired) electrons. The minimum absolute atomic E-state index is 0. The molecule has 362 valence electrons. The zero-order chi connectivity index (χ0) is 49.4. The Morgan fingerprint density at radius 1 is 0.438 bits per heavy atom. The number of hydrogen-bond acceptors (Lipinski definition) is 3. The Morgan fingerprint density at radius 3 is 1.22 bits per heavy atom. The van der Waals surface area contributed by atoms with E-state index >= 15 is 0 Å². The number of hydrogen-bond donors (Lipinski definition) is 0. The smallest absolute Gasteiger partial charge is 0.0686 e. The normalized spacial score (nSPS) is 15.6. The van der Waals surface area contributed by atoms with Crippen LogP contribution < -0.4 is 0 Å². The molecule has 0 amide bonds. The molecule has 73 heavy (non-hydrogen) atoms. The van der Waals surface area contributed by atoms with E-state index in [1.807, 2.05) is 6.20 Å². The van der Waals surface area contributed by atoms with Crippen LogP contribution in [-0.2, 0) is 37.4 Å². The average Bonchev–Trinajstić information content (AvgIpc) is 4.09. The first-order valence-corrected chi connectivity index (χ1v) is 25.6. The van der Waals surface area contributed by atoms with E-state index in [0.717, 1.165) is 27.9 Å². The van der Waals surface area contributed by atoms with Gasteiger partial charge in [-0.05, 0) is 151 Å². The van der Waals surface area contributed by atoms with Crippen LogP contribution in [0.15, 0.2) is 176 Å². The van der Waals surface area contributed by atoms with Gasteiger partial charge in [0.2, 0.25) is 0 Å². The predicted molar refractivity (Wildman–Crippen MR) is 294 cm³/mol. The minimum atomic E-state index is -0.821. The van der Waals surface area contributed by atoms with Crippen LogP contribution in [0.4, 0.5) is 0 Å². The maximum Gasteiger partial charge on any atom is 0.0686 e. The van der Waals surface area contributed by atoms with Gasteiger partial charge in [0, 0.05) is 32.7 Å². The Kier molecular flexibility index (Phi) is 10.9. The van der Waals surface area contributed by atoms with Crippen molar-refractivity contribution < 1.29 is 21.1 Å². The molecule has 0 spiro atoms. The van der Waals surface area contributed by atoms with Crippen molar-refractivity contribution in [2.45, 2.75) is 77.7 Å². The first-order valence-electron chi connectivity index (χ1n) is 25.6. The van der Waals surface area contributed by atoms with Crippen molar-refractivity contribution in [2.24, 2.45) is 0 Å². The number of aryl methyl sites for hydroxylation is 6. The quantitative estimate of drug-likeness (QED) is 0.148. The molecule has 9 aromatic rings. The third-order valence-electron chi connectivity index (χ3n) is 16.5. The fourth-order valence-electron chi connectivity index (χ4n) is 13.2. The van der Waals surface area contributed by atoms with Crippen molar-refractivity contribution in [2.75, 3.05) is 7.05 Å². The molecule has 3 nitrogen and oxygen atoms in total. The summed E-state index contributed by atoms with van der Waals surface area (Å²) in [6, 6.07) is 69.4. The summed E-state index contributed by atoms with van der Waals surface area (Å²) >= 11 is 0. The van der Waals surface area contributed by atoms with Crippen molar-refractivity contribution in [1.82, 2.24) is 14.8 Å². The summed E-state index contributed by atoms with van der Waals surface area (Å²) in [6.45, 7) is 20.1. The molecule has 1 aliphatic heterocycles. The summed E-state index contributed by atoms with van der Waals surface area (Å²) < 4.78 is 0. The Bertz CT molecular complexity index is 3630. The van der Waals surface area contributed by atoms with Crippen LogP contribution >= 0.6 is 0 Å². The Morgan fingerprint density at radius 2 is 0.808 bits per heavy atom. The van der Waals surface area contributed by atoms with E-state index in [1.54, 1.807) is 0 Å². The van der Waals surface area contributed by atoms with Crippen LogP contribution in [0.3, 0.4) is 0 Å². The SMILES string of the molecule is Cc1ccc2c(c1)C(c1[c-]c(C3(c4cc(C(C)C)ccn4)c4cc(C)ccc4-c4ccc(C)cc43)ccc1)(c1[c-]c(C3(N4C=CN(C)[CH-]4)c4cc(C)ccc4-c4ccc(C)cc43)ccc1)c1cc(C)ccc1-2.[Pt]. The van der Waals surface area contributed by atoms with E-state index in [0.29, 0.717) is 5.92 Å². The van der Waals surface area contributed by atoms with Gasteiger partial charge in [-0.15, -0.1) is 22.3 Å². The Hall–Kier alpha value is -7.06. The maximum atomic E-state index is 5.42. The summed E-state index contributed by atoms with van der Waals surface area (Å²) in [7, 11) is 2.12. The van der Waals surface area contributed by atoms with Gasteiger partial charge in [-0.3, -0.25) is 4.98 Å². The van der Waals surface area contributed by atoms with E-state index in [-0.39, 0.29) is 21.1 Å². The van der Waals surface area contributed by atoms with E-state index in [2.05, 4.69) is 261 Å². The number of aromatic nitrogens is 1. The number of benzene rings is 8. The Labute approximate surface area is 446 Å². The van der Waals surface area contributed by atoms with Gasteiger partial charge in [0.1, 0.15) is 0 Å². The van der Waals surface area contributed by atoms with Gasteiger partial charge in [0.05, 0.1) is 16.6 Å². The van der Waals surface area contributed by atoms with Crippen LogP contribution in [0.5, 0.6) is 0 Å². The minimum Gasteiger partial charge on any atom is -0.511 e. The second-order valence-electron chi connectivity index (χ2n) is 21.6. The first kappa shape index (κ1) is 47.0. The summed E-state index contributed by atoms with van der Waals surface area (Å²) in [5.41, 5.74) is 26.6. The molecular weight excluding hydrogens is 1070 g/mol. The van der Waals surface area contributed by atoms with Crippen molar-refractivity contribution >= 4 is 0 Å². The monoisotopic (exact) mass is 1120 g/mol. The van der Waals surface area contributed by atoms with E-state index in [1.165, 1.54) is 106 Å². The van der Waals surface area contributed by atoms with E-state index < -0.39 is 16.4 Å². The van der Waals surface area contributed by atoms with Gasteiger partial charge in [-0.1, -0.05) is 156 Å². The van der Waals surface area contributed by atoms with Gasteiger partial charge < -0.3 is 9.80 Å². The van der Waals surface area contributed by atoms with Crippen molar-refractivity contribution in [1.29, 1.82) is 0 Å². The zero-order valence-electron chi connectivity index (χ0n) is 43.1. The Balaban J connectivity index is 0.00000543. The summed E-state index contributed by atoms with van der Waals surface area (Å²) in [5, 5.41) is 0. The standard InChI is InChI=1S/C69H58N3.Pt/c1-42(2)49-28-29-70-66(38-49)68(62-34-45(5)18-24-56(62)57-25-19-46(6)35-63(57)68)52-14-10-12-50(39-52)67(60-32-43(3)16-22-54(60)55-23-17-44(4)33-61(55)67)51-13-11-15-53(40-51)69(72-31-30-71(9)41-72)64-36-47(7)20-26-58(64)59-27-21-48(8)37-65(59)69;/h10-38,41-42H,1-9H3;/q-3;. The molecule has 0 atom stereocenters. The van der Waals surface area contributed by atoms with Gasteiger partial charge in [-0.2, -0.15) is 55.2 Å². The maximum absolute atomic E-state index is 5.42. The van der Waals surface area contributed by atoms with Crippen LogP contribution in [-0.4, -0.2) is 21.8 Å². The third-order valence-corrected chi connectivity index (χ3v) is 16.5. The predicted octanol–water partition coefficient (Wildman–Crippen LogP) is 15.5. The molecule has 2 heterocycles. The molecule has 1 aromatic heterocycles. The van der Waals surface area contributed by atoms with Crippen LogP contribution in [0.2, 0.25) is 0 Å². The molecule has 0 saturated heterocycles. The molecule has 8 aromatic carbocycles. The number of rotatable bonds is 7. The summed E-state index contributed by atoms with van der Waals surface area (Å²) in [6.07, 6.45) is 6.43. The summed E-state index contributed by atoms with van der Waals surface area (Å²) in [4.78, 5) is 10.0. The topological polar surface area (TPSA) is 19.4 Å². The molecule has 4 aliphatic rings. The molecule has 0 fully saturated rings. The van der Waals surface area contributed by atoms with Crippen molar-refractivity contribution in [3.05, 3.63) is 295 Å². The second kappa shape index (κ2) is 17.0. The molecule has 0 unspecified atom stereocenters. The van der Waals surface area contributed by atoms with Gasteiger partial charge in [0.15, 0.2) is 0 Å². The first-order chi connectivity index (χ1) is 34.8. The van der Waals surface area contributed by atoms with Gasteiger partial charge in [-0.25, -0.2) is 0 Å².